The van der Waals surface area contributed by atoms with Gasteiger partial charge in [-0.1, -0.05) is 13.8 Å². The number of likely N-dealkylation sites (tertiary alicyclic amines) is 1. The Labute approximate surface area is 83.8 Å². The van der Waals surface area contributed by atoms with Gasteiger partial charge in [-0.25, -0.2) is 4.79 Å². The third-order valence-corrected chi connectivity index (χ3v) is 2.32. The Kier molecular flexibility index (Phi) is 2.67. The Morgan fingerprint density at radius 2 is 2.21 bits per heavy atom. The molecule has 5 heteroatoms. The van der Waals surface area contributed by atoms with Gasteiger partial charge in [0.15, 0.2) is 0 Å². The molecule has 80 valence electrons. The summed E-state index contributed by atoms with van der Waals surface area (Å²) in [6.07, 6.45) is -0.300. The summed E-state index contributed by atoms with van der Waals surface area (Å²) in [5, 5.41) is 13.3. The van der Waals surface area contributed by atoms with E-state index in [1.165, 1.54) is 4.90 Å². The highest BCUT2D eigenvalue weighted by Gasteiger charge is 2.39. The molecule has 5 nitrogen and oxygen atoms in total. The van der Waals surface area contributed by atoms with Gasteiger partial charge in [-0.15, -0.1) is 0 Å². The van der Waals surface area contributed by atoms with Crippen molar-refractivity contribution in [2.75, 3.05) is 6.54 Å². The molecule has 0 spiro atoms. The maximum absolute atomic E-state index is 11.7. The molecule has 14 heavy (non-hydrogen) atoms. The fourth-order valence-electron chi connectivity index (χ4n) is 1.61. The molecule has 1 aliphatic rings. The Morgan fingerprint density at radius 1 is 1.57 bits per heavy atom. The largest absolute Gasteiger partial charge is 0.480 e. The van der Waals surface area contributed by atoms with Crippen molar-refractivity contribution < 1.29 is 19.8 Å². The van der Waals surface area contributed by atoms with Crippen molar-refractivity contribution in [1.29, 1.82) is 1.43 Å². The van der Waals surface area contributed by atoms with Gasteiger partial charge in [-0.05, 0) is 0 Å². The Bertz CT molecular complexity index is 269. The number of hydrogen-bond donors (Lipinski definition) is 2. The Balaban J connectivity index is 2.77. The third kappa shape index (κ3) is 2.04. The molecule has 0 bridgehead atoms. The molecular formula is C9H15NO4. The molecule has 1 aliphatic heterocycles. The summed E-state index contributed by atoms with van der Waals surface area (Å²) in [4.78, 5) is 23.8. The smallest absolute Gasteiger partial charge is 0.326 e. The molecule has 0 aliphatic carbocycles. The van der Waals surface area contributed by atoms with Gasteiger partial charge >= 0.3 is 5.97 Å². The summed E-state index contributed by atoms with van der Waals surface area (Å²) in [6, 6.07) is -0.852. The number of carboxylic acids is 1. The average molecular weight is 202 g/mol. The van der Waals surface area contributed by atoms with Gasteiger partial charge in [-0.2, -0.15) is 0 Å². The van der Waals surface area contributed by atoms with Crippen LogP contribution in [0.25, 0.3) is 0 Å². The lowest BCUT2D eigenvalue weighted by atomic mass is 10.1. The van der Waals surface area contributed by atoms with Gasteiger partial charge < -0.3 is 15.1 Å². The molecule has 0 saturated carbocycles. The normalized spacial score (nSPS) is 27.9. The predicted octanol–water partition coefficient (Wildman–Crippen LogP) is -0.311. The minimum Gasteiger partial charge on any atom is -0.480 e. The van der Waals surface area contributed by atoms with Crippen LogP contribution in [0.5, 0.6) is 0 Å². The van der Waals surface area contributed by atoms with Crippen molar-refractivity contribution in [3.63, 3.8) is 0 Å². The van der Waals surface area contributed by atoms with Crippen molar-refractivity contribution in [1.82, 2.24) is 4.90 Å². The van der Waals surface area contributed by atoms with Gasteiger partial charge in [0.05, 0.1) is 6.10 Å². The molecule has 0 aromatic carbocycles. The van der Waals surface area contributed by atoms with Gasteiger partial charge in [-0.3, -0.25) is 4.79 Å². The van der Waals surface area contributed by atoms with E-state index < -0.39 is 18.1 Å². The summed E-state index contributed by atoms with van der Waals surface area (Å²) in [7, 11) is 0. The van der Waals surface area contributed by atoms with Gasteiger partial charge in [0.2, 0.25) is 7.34 Å². The molecule has 0 aromatic rings. The quantitative estimate of drug-likeness (QED) is 0.658. The number of carbonyl (C=O) groups is 2. The molecular weight excluding hydrogens is 186 g/mol. The van der Waals surface area contributed by atoms with Crippen molar-refractivity contribution in [2.24, 2.45) is 5.92 Å². The summed E-state index contributed by atoms with van der Waals surface area (Å²) >= 11 is 0. The maximum atomic E-state index is 11.7. The number of nitrogens with zero attached hydrogens (tertiary/aromatic N) is 1. The molecule has 0 radical (unpaired) electrons. The van der Waals surface area contributed by atoms with E-state index in [0.29, 0.717) is 0 Å². The van der Waals surface area contributed by atoms with Gasteiger partial charge in [0, 0.05) is 18.9 Å². The first kappa shape index (κ1) is 9.45. The second kappa shape index (κ2) is 3.96. The van der Waals surface area contributed by atoms with E-state index in [9.17, 15) is 9.59 Å². The predicted molar refractivity (Wildman–Crippen MR) is 48.6 cm³/mol. The first-order valence-corrected chi connectivity index (χ1v) is 4.62. The third-order valence-electron chi connectivity index (χ3n) is 2.32. The number of aliphatic carboxylic acids is 1. The lowest BCUT2D eigenvalue weighted by molar-refractivity contribution is -0.149. The van der Waals surface area contributed by atoms with Crippen molar-refractivity contribution in [3.05, 3.63) is 0 Å². The second-order valence-corrected chi connectivity index (χ2v) is 3.86. The Hall–Kier alpha value is -1.10. The minimum absolute atomic E-state index is 0.192. The van der Waals surface area contributed by atoms with Crippen LogP contribution in [0.2, 0.25) is 0 Å². The fraction of sp³-hybridized carbons (Fsp3) is 0.778. The highest BCUT2D eigenvalue weighted by atomic mass is 16.4. The molecule has 2 atom stereocenters. The van der Waals surface area contributed by atoms with Crippen LogP contribution in [-0.4, -0.2) is 47.1 Å². The molecule has 0 aromatic heterocycles. The van der Waals surface area contributed by atoms with E-state index >= 15 is 0 Å². The van der Waals surface area contributed by atoms with E-state index in [4.69, 9.17) is 6.54 Å². The first-order chi connectivity index (χ1) is 6.97. The van der Waals surface area contributed by atoms with Gasteiger partial charge in [0.25, 0.3) is 0 Å². The lowest BCUT2D eigenvalue weighted by Gasteiger charge is -2.22. The van der Waals surface area contributed by atoms with Crippen LogP contribution in [0, 0.1) is 5.92 Å². The molecule has 1 saturated heterocycles. The molecule has 1 rings (SSSR count). The number of aliphatic hydroxyl groups excluding tert-OH is 1. The van der Waals surface area contributed by atoms with E-state index in [0.717, 1.165) is 0 Å². The number of carbonyl (C=O) groups excluding carboxylic acids is 1. The molecule has 0 unspecified atom stereocenters. The van der Waals surface area contributed by atoms with Crippen LogP contribution in [0.3, 0.4) is 0 Å². The number of aliphatic hydroxyl groups is 1. The van der Waals surface area contributed by atoms with Crippen molar-refractivity contribution in [2.45, 2.75) is 32.4 Å². The summed E-state index contributed by atoms with van der Waals surface area (Å²) in [5.41, 5.74) is 0. The van der Waals surface area contributed by atoms with Crippen molar-refractivity contribution in [3.8, 4) is 0 Å². The molecule has 1 amide bonds. The number of amides is 1. The van der Waals surface area contributed by atoms with Crippen LogP contribution in [0.15, 0.2) is 0 Å². The average Bonchev–Trinajstić information content (AvgIpc) is 2.60. The maximum Gasteiger partial charge on any atom is 0.326 e. The molecule has 2 N–H and O–H groups in total. The van der Waals surface area contributed by atoms with Crippen LogP contribution < -0.4 is 0 Å². The number of carboxylic acid groups (broad SMARTS) is 1. The fourth-order valence-corrected chi connectivity index (χ4v) is 1.61. The second-order valence-electron chi connectivity index (χ2n) is 3.86. The van der Waals surface area contributed by atoms with E-state index in [1.54, 1.807) is 13.8 Å². The summed E-state index contributed by atoms with van der Waals surface area (Å²) < 4.78 is 6.74. The van der Waals surface area contributed by atoms with E-state index in [1.807, 2.05) is 0 Å². The van der Waals surface area contributed by atoms with Crippen LogP contribution in [0.1, 0.15) is 20.3 Å². The van der Waals surface area contributed by atoms with E-state index in [-0.39, 0.29) is 24.8 Å². The van der Waals surface area contributed by atoms with Crippen LogP contribution in [-0.2, 0) is 9.59 Å². The zero-order valence-electron chi connectivity index (χ0n) is 9.27. The van der Waals surface area contributed by atoms with Crippen LogP contribution >= 0.6 is 0 Å². The first-order valence-electron chi connectivity index (χ1n) is 5.03. The topological polar surface area (TPSA) is 77.8 Å². The van der Waals surface area contributed by atoms with Gasteiger partial charge in [0.1, 0.15) is 6.04 Å². The van der Waals surface area contributed by atoms with Crippen LogP contribution in [0.4, 0.5) is 0 Å². The zero-order valence-corrected chi connectivity index (χ0v) is 8.27. The lowest BCUT2D eigenvalue weighted by Crippen LogP contribution is -2.42. The number of hydrogen-bond acceptors (Lipinski definition) is 3. The zero-order chi connectivity index (χ0) is 11.6. The highest BCUT2D eigenvalue weighted by Crippen LogP contribution is 2.20. The standard InChI is InChI=1S/C9H15NO4/c1-5(2)8(12)10-4-6(11)3-7(10)9(13)14/h5-7,11H,3-4H2,1-2H3,(H,13,14)/t6-,7-/m0/s1/i11D. The monoisotopic (exact) mass is 202 g/mol. The Morgan fingerprint density at radius 3 is 2.64 bits per heavy atom. The number of β-amino-alcohol motifs (C(OH)–C–C–N with tert-alkyl or cyclic N) is 1. The molecule has 1 heterocycles. The minimum atomic E-state index is -1.04. The highest BCUT2D eigenvalue weighted by molar-refractivity contribution is 5.85. The number of rotatable bonds is 3. The molecule has 1 fully saturated rings. The van der Waals surface area contributed by atoms with Crippen molar-refractivity contribution >= 4 is 11.9 Å². The SMILES string of the molecule is [2H]O[C@H]1C[C@@H](C(=O)O)N(C(=O)C(C)C)C1. The summed E-state index contributed by atoms with van der Waals surface area (Å²) in [5.74, 6) is -1.48. The van der Waals surface area contributed by atoms with E-state index in [2.05, 4.69) is 5.11 Å². The summed E-state index contributed by atoms with van der Waals surface area (Å²) in [6.45, 7) is 3.63.